The lowest BCUT2D eigenvalue weighted by molar-refractivity contribution is 0.0392. The van der Waals surface area contributed by atoms with Crippen LogP contribution >= 0.6 is 12.2 Å². The molecule has 2 saturated carbocycles. The fraction of sp³-hybridized carbons (Fsp3) is 0.611. The number of hydrogen-bond donors (Lipinski definition) is 0. The second-order valence-corrected chi connectivity index (χ2v) is 9.68. The molecule has 23 heavy (non-hydrogen) atoms. The van der Waals surface area contributed by atoms with Crippen LogP contribution in [0.4, 0.5) is 0 Å². The normalized spacial score (nSPS) is 30.2. The predicted octanol–water partition coefficient (Wildman–Crippen LogP) is 4.43. The number of hydrogen-bond acceptors (Lipinski definition) is 4. The molecule has 0 heterocycles. The summed E-state index contributed by atoms with van der Waals surface area (Å²) in [6.07, 6.45) is 4.59. The summed E-state index contributed by atoms with van der Waals surface area (Å²) >= 11 is 5.71. The van der Waals surface area contributed by atoms with Crippen LogP contribution in [-0.4, -0.2) is 18.9 Å². The zero-order chi connectivity index (χ0) is 16.9. The smallest absolute Gasteiger partial charge is 0.254 e. The molecule has 0 spiro atoms. The van der Waals surface area contributed by atoms with Gasteiger partial charge in [0.1, 0.15) is 5.60 Å². The summed E-state index contributed by atoms with van der Waals surface area (Å²) < 4.78 is 31.4. The molecular weight excluding hydrogens is 328 g/mol. The quantitative estimate of drug-likeness (QED) is 0.596. The lowest BCUT2D eigenvalue weighted by Crippen LogP contribution is -2.55. The Balaban J connectivity index is 1.96. The summed E-state index contributed by atoms with van der Waals surface area (Å²) in [5.41, 5.74) is 0.0692. The van der Waals surface area contributed by atoms with Gasteiger partial charge in [0.15, 0.2) is 0 Å². The van der Waals surface area contributed by atoms with Gasteiger partial charge in [-0.05, 0) is 56.1 Å². The second-order valence-electron chi connectivity index (χ2n) is 7.72. The van der Waals surface area contributed by atoms with Gasteiger partial charge in [-0.1, -0.05) is 50.2 Å². The molecule has 0 saturated heterocycles. The van der Waals surface area contributed by atoms with Crippen molar-refractivity contribution in [2.24, 2.45) is 11.3 Å². The third-order valence-corrected chi connectivity index (χ3v) is 7.53. The van der Waals surface area contributed by atoms with E-state index < -0.39 is 15.7 Å². The first-order valence-electron chi connectivity index (χ1n) is 8.22. The van der Waals surface area contributed by atoms with Crippen molar-refractivity contribution in [2.45, 2.75) is 63.4 Å². The third kappa shape index (κ3) is 3.11. The van der Waals surface area contributed by atoms with Crippen LogP contribution in [0.2, 0.25) is 0 Å². The minimum atomic E-state index is -3.81. The van der Waals surface area contributed by atoms with E-state index in [1.807, 2.05) is 6.92 Å². The van der Waals surface area contributed by atoms with E-state index in [0.29, 0.717) is 12.3 Å². The molecule has 0 unspecified atom stereocenters. The SMILES string of the molecule is Cc1ccc(S(=O)(=O)O[C@]23CCC[C@H](CC(C)(C)C2=S)C3)cc1. The van der Waals surface area contributed by atoms with Gasteiger partial charge in [-0.25, -0.2) is 0 Å². The van der Waals surface area contributed by atoms with E-state index in [-0.39, 0.29) is 10.3 Å². The maximum atomic E-state index is 12.8. The standard InChI is InChI=1S/C18H24O3S2/c1-13-6-8-15(9-7-13)23(19,20)21-18-10-4-5-14(12-18)11-17(2,3)16(18)22/h6-9,14H,4-5,10-12H2,1-3H3/t14-,18+/m1/s1. The minimum Gasteiger partial charge on any atom is -0.254 e. The van der Waals surface area contributed by atoms with Gasteiger partial charge >= 0.3 is 0 Å². The zero-order valence-electron chi connectivity index (χ0n) is 14.0. The van der Waals surface area contributed by atoms with Crippen molar-refractivity contribution in [1.82, 2.24) is 0 Å². The molecule has 2 aliphatic carbocycles. The van der Waals surface area contributed by atoms with Gasteiger partial charge < -0.3 is 0 Å². The molecule has 3 nitrogen and oxygen atoms in total. The Labute approximate surface area is 144 Å². The molecule has 1 aromatic carbocycles. The summed E-state index contributed by atoms with van der Waals surface area (Å²) in [5, 5.41) is 0. The highest BCUT2D eigenvalue weighted by molar-refractivity contribution is 7.87. The van der Waals surface area contributed by atoms with E-state index in [9.17, 15) is 8.42 Å². The van der Waals surface area contributed by atoms with Gasteiger partial charge in [-0.3, -0.25) is 4.18 Å². The molecule has 0 N–H and O–H groups in total. The van der Waals surface area contributed by atoms with Gasteiger partial charge in [-0.2, -0.15) is 8.42 Å². The Morgan fingerprint density at radius 2 is 1.83 bits per heavy atom. The first-order chi connectivity index (χ1) is 10.6. The summed E-state index contributed by atoms with van der Waals surface area (Å²) in [6, 6.07) is 6.80. The van der Waals surface area contributed by atoms with Gasteiger partial charge in [-0.15, -0.1) is 0 Å². The van der Waals surface area contributed by atoms with Gasteiger partial charge in [0.25, 0.3) is 10.1 Å². The van der Waals surface area contributed by atoms with Crippen molar-refractivity contribution in [3.8, 4) is 0 Å². The molecule has 2 aliphatic rings. The Kier molecular flexibility index (Phi) is 4.18. The lowest BCUT2D eigenvalue weighted by atomic mass is 9.60. The number of fused-ring (bicyclic) bond motifs is 2. The number of thiocarbonyl (C=S) groups is 1. The summed E-state index contributed by atoms with van der Waals surface area (Å²) in [4.78, 5) is 0.988. The van der Waals surface area contributed by atoms with Crippen LogP contribution in [0.15, 0.2) is 29.2 Å². The summed E-state index contributed by atoms with van der Waals surface area (Å²) in [7, 11) is -3.81. The average Bonchev–Trinajstić information content (AvgIpc) is 2.45. The second kappa shape index (κ2) is 5.64. The molecule has 2 fully saturated rings. The number of aryl methyl sites for hydroxylation is 1. The molecule has 5 heteroatoms. The Morgan fingerprint density at radius 1 is 1.17 bits per heavy atom. The van der Waals surface area contributed by atoms with Crippen LogP contribution in [-0.2, 0) is 14.3 Å². The van der Waals surface area contributed by atoms with E-state index in [0.717, 1.165) is 36.1 Å². The maximum absolute atomic E-state index is 12.8. The van der Waals surface area contributed by atoms with Crippen LogP contribution in [0.25, 0.3) is 0 Å². The monoisotopic (exact) mass is 352 g/mol. The van der Waals surface area contributed by atoms with E-state index in [2.05, 4.69) is 13.8 Å². The van der Waals surface area contributed by atoms with E-state index in [1.54, 1.807) is 24.3 Å². The first-order valence-corrected chi connectivity index (χ1v) is 10.0. The average molecular weight is 353 g/mol. The molecular formula is C18H24O3S2. The topological polar surface area (TPSA) is 43.4 Å². The number of rotatable bonds is 3. The van der Waals surface area contributed by atoms with Crippen molar-refractivity contribution in [1.29, 1.82) is 0 Å². The highest BCUT2D eigenvalue weighted by atomic mass is 32.2. The Bertz CT molecular complexity index is 719. The van der Waals surface area contributed by atoms with Crippen LogP contribution in [0, 0.1) is 18.3 Å². The molecule has 0 amide bonds. The Hall–Kier alpha value is -0.780. The van der Waals surface area contributed by atoms with Crippen LogP contribution < -0.4 is 0 Å². The van der Waals surface area contributed by atoms with Crippen molar-refractivity contribution in [3.05, 3.63) is 29.8 Å². The molecule has 0 aromatic heterocycles. The highest BCUT2D eigenvalue weighted by Gasteiger charge is 2.53. The highest BCUT2D eigenvalue weighted by Crippen LogP contribution is 2.51. The molecule has 0 aliphatic heterocycles. The van der Waals surface area contributed by atoms with E-state index in [1.165, 1.54) is 0 Å². The molecule has 0 radical (unpaired) electrons. The predicted molar refractivity (Wildman–Crippen MR) is 95.1 cm³/mol. The lowest BCUT2D eigenvalue weighted by Gasteiger charge is -2.51. The zero-order valence-corrected chi connectivity index (χ0v) is 15.6. The largest absolute Gasteiger partial charge is 0.297 e. The van der Waals surface area contributed by atoms with Crippen molar-refractivity contribution in [2.75, 3.05) is 0 Å². The number of benzene rings is 1. The van der Waals surface area contributed by atoms with Crippen molar-refractivity contribution < 1.29 is 12.6 Å². The maximum Gasteiger partial charge on any atom is 0.297 e. The molecule has 2 atom stereocenters. The van der Waals surface area contributed by atoms with Gasteiger partial charge in [0.2, 0.25) is 0 Å². The fourth-order valence-corrected chi connectivity index (χ4v) is 5.82. The molecule has 2 bridgehead atoms. The molecule has 3 rings (SSSR count). The molecule has 1 aromatic rings. The fourth-order valence-electron chi connectivity index (χ4n) is 4.23. The molecule has 126 valence electrons. The minimum absolute atomic E-state index is 0.151. The first kappa shape index (κ1) is 17.1. The van der Waals surface area contributed by atoms with Gasteiger partial charge in [0, 0.05) is 4.86 Å². The van der Waals surface area contributed by atoms with E-state index >= 15 is 0 Å². The third-order valence-electron chi connectivity index (χ3n) is 5.22. The van der Waals surface area contributed by atoms with Crippen LogP contribution in [0.1, 0.15) is 51.5 Å². The van der Waals surface area contributed by atoms with Crippen molar-refractivity contribution in [3.63, 3.8) is 0 Å². The Morgan fingerprint density at radius 3 is 2.48 bits per heavy atom. The van der Waals surface area contributed by atoms with Gasteiger partial charge in [0.05, 0.1) is 4.90 Å². The summed E-state index contributed by atoms with van der Waals surface area (Å²) in [5.74, 6) is 0.499. The summed E-state index contributed by atoms with van der Waals surface area (Å²) in [6.45, 7) is 6.16. The van der Waals surface area contributed by atoms with Crippen LogP contribution in [0.3, 0.4) is 0 Å². The van der Waals surface area contributed by atoms with Crippen molar-refractivity contribution >= 4 is 27.2 Å². The van der Waals surface area contributed by atoms with Crippen LogP contribution in [0.5, 0.6) is 0 Å². The van der Waals surface area contributed by atoms with E-state index in [4.69, 9.17) is 16.4 Å².